The van der Waals surface area contributed by atoms with Gasteiger partial charge in [-0.2, -0.15) is 0 Å². The van der Waals surface area contributed by atoms with E-state index in [0.29, 0.717) is 12.1 Å². The van der Waals surface area contributed by atoms with Gasteiger partial charge in [0.15, 0.2) is 0 Å². The maximum absolute atomic E-state index is 11.7. The molecule has 1 aromatic heterocycles. The highest BCUT2D eigenvalue weighted by atomic mass is 16.3. The van der Waals surface area contributed by atoms with Crippen LogP contribution in [0, 0.1) is 0 Å². The van der Waals surface area contributed by atoms with E-state index in [2.05, 4.69) is 10.3 Å². The minimum atomic E-state index is -0.265. The van der Waals surface area contributed by atoms with E-state index in [4.69, 9.17) is 5.11 Å². The molecule has 3 N–H and O–H groups in total. The lowest BCUT2D eigenvalue weighted by Crippen LogP contribution is -2.23. The van der Waals surface area contributed by atoms with Crippen LogP contribution in [0.4, 0.5) is 0 Å². The molecule has 2 rings (SSSR count). The Morgan fingerprint density at radius 3 is 2.50 bits per heavy atom. The van der Waals surface area contributed by atoms with E-state index in [-0.39, 0.29) is 17.2 Å². The van der Waals surface area contributed by atoms with E-state index in [9.17, 15) is 9.59 Å². The third-order valence-corrected chi connectivity index (χ3v) is 2.44. The molecule has 0 atom stereocenters. The van der Waals surface area contributed by atoms with Gasteiger partial charge < -0.3 is 15.4 Å². The van der Waals surface area contributed by atoms with Gasteiger partial charge in [0, 0.05) is 18.8 Å². The Morgan fingerprint density at radius 1 is 1.17 bits per heavy atom. The zero-order valence-electron chi connectivity index (χ0n) is 9.51. The summed E-state index contributed by atoms with van der Waals surface area (Å²) in [5.74, 6) is -0.0787. The van der Waals surface area contributed by atoms with Gasteiger partial charge in [0.2, 0.25) is 5.56 Å². The molecule has 1 aromatic carbocycles. The molecule has 0 bridgehead atoms. The molecule has 0 aliphatic heterocycles. The maximum Gasteiger partial charge on any atom is 0.253 e. The number of rotatable bonds is 3. The molecule has 0 radical (unpaired) electrons. The van der Waals surface area contributed by atoms with Gasteiger partial charge in [0.1, 0.15) is 5.75 Å². The molecule has 0 aliphatic rings. The first-order valence-electron chi connectivity index (χ1n) is 5.40. The second-order valence-electron chi connectivity index (χ2n) is 3.79. The summed E-state index contributed by atoms with van der Waals surface area (Å²) in [6.45, 7) is 0.359. The molecule has 1 heterocycles. The van der Waals surface area contributed by atoms with Gasteiger partial charge in [-0.3, -0.25) is 9.59 Å². The van der Waals surface area contributed by atoms with Crippen molar-refractivity contribution in [3.63, 3.8) is 0 Å². The van der Waals surface area contributed by atoms with Crippen LogP contribution in [0.3, 0.4) is 0 Å². The van der Waals surface area contributed by atoms with E-state index in [1.807, 2.05) is 0 Å². The van der Waals surface area contributed by atoms with Crippen molar-refractivity contribution in [3.05, 3.63) is 64.1 Å². The third kappa shape index (κ3) is 2.98. The number of aromatic amines is 1. The Balaban J connectivity index is 1.98. The van der Waals surface area contributed by atoms with E-state index in [1.165, 1.54) is 18.3 Å². The molecule has 18 heavy (non-hydrogen) atoms. The van der Waals surface area contributed by atoms with Crippen LogP contribution in [-0.4, -0.2) is 16.0 Å². The summed E-state index contributed by atoms with van der Waals surface area (Å²) >= 11 is 0. The number of aromatic nitrogens is 1. The Kier molecular flexibility index (Phi) is 3.43. The second kappa shape index (κ2) is 5.18. The standard InChI is InChI=1S/C13H12N2O3/c16-11-4-1-9(2-5-11)7-15-13(18)10-3-6-12(17)14-8-10/h1-6,8,16H,7H2,(H,14,17)(H,15,18). The van der Waals surface area contributed by atoms with Crippen LogP contribution < -0.4 is 10.9 Å². The number of phenolic OH excluding ortho intramolecular Hbond substituents is 1. The van der Waals surface area contributed by atoms with Gasteiger partial charge >= 0.3 is 0 Å². The minimum Gasteiger partial charge on any atom is -0.508 e. The van der Waals surface area contributed by atoms with Gasteiger partial charge in [0.05, 0.1) is 5.56 Å². The highest BCUT2D eigenvalue weighted by Gasteiger charge is 2.04. The number of phenols is 1. The number of amides is 1. The molecule has 0 spiro atoms. The molecule has 0 unspecified atom stereocenters. The summed E-state index contributed by atoms with van der Waals surface area (Å²) in [5.41, 5.74) is 1.03. The zero-order valence-corrected chi connectivity index (χ0v) is 9.51. The fraction of sp³-hybridized carbons (Fsp3) is 0.0769. The van der Waals surface area contributed by atoms with Crippen molar-refractivity contribution in [2.24, 2.45) is 0 Å². The molecular formula is C13H12N2O3. The molecule has 0 fully saturated rings. The zero-order chi connectivity index (χ0) is 13.0. The molecule has 2 aromatic rings. The van der Waals surface area contributed by atoms with Crippen LogP contribution in [0.25, 0.3) is 0 Å². The number of hydrogen-bond acceptors (Lipinski definition) is 3. The normalized spacial score (nSPS) is 10.0. The molecule has 1 amide bonds. The summed E-state index contributed by atoms with van der Waals surface area (Å²) in [5, 5.41) is 11.8. The topological polar surface area (TPSA) is 82.2 Å². The fourth-order valence-electron chi connectivity index (χ4n) is 1.45. The Hall–Kier alpha value is -2.56. The number of aromatic hydroxyl groups is 1. The number of pyridine rings is 1. The van der Waals surface area contributed by atoms with Crippen molar-refractivity contribution < 1.29 is 9.90 Å². The highest BCUT2D eigenvalue weighted by Crippen LogP contribution is 2.09. The van der Waals surface area contributed by atoms with Crippen LogP contribution >= 0.6 is 0 Å². The van der Waals surface area contributed by atoms with Crippen LogP contribution in [0.1, 0.15) is 15.9 Å². The van der Waals surface area contributed by atoms with Gasteiger partial charge in [-0.15, -0.1) is 0 Å². The van der Waals surface area contributed by atoms with E-state index < -0.39 is 0 Å². The van der Waals surface area contributed by atoms with Crippen LogP contribution in [-0.2, 0) is 6.54 Å². The SMILES string of the molecule is O=C(NCc1ccc(O)cc1)c1ccc(=O)[nH]c1. The molecular weight excluding hydrogens is 232 g/mol. The Bertz CT molecular complexity index is 582. The van der Waals surface area contributed by atoms with Crippen LogP contribution in [0.2, 0.25) is 0 Å². The first-order chi connectivity index (χ1) is 8.65. The molecule has 5 nitrogen and oxygen atoms in total. The lowest BCUT2D eigenvalue weighted by molar-refractivity contribution is 0.0950. The predicted octanol–water partition coefficient (Wildman–Crippen LogP) is 1.01. The van der Waals surface area contributed by atoms with Gasteiger partial charge in [-0.25, -0.2) is 0 Å². The monoisotopic (exact) mass is 244 g/mol. The number of H-pyrrole nitrogens is 1. The van der Waals surface area contributed by atoms with E-state index >= 15 is 0 Å². The Labute approximate surface area is 103 Å². The van der Waals surface area contributed by atoms with Gasteiger partial charge in [-0.05, 0) is 23.8 Å². The number of hydrogen-bond donors (Lipinski definition) is 3. The smallest absolute Gasteiger partial charge is 0.253 e. The third-order valence-electron chi connectivity index (χ3n) is 2.44. The van der Waals surface area contributed by atoms with Crippen molar-refractivity contribution in [1.29, 1.82) is 0 Å². The molecule has 5 heteroatoms. The number of nitrogens with one attached hydrogen (secondary N) is 2. The lowest BCUT2D eigenvalue weighted by atomic mass is 10.2. The van der Waals surface area contributed by atoms with Gasteiger partial charge in [-0.1, -0.05) is 12.1 Å². The highest BCUT2D eigenvalue weighted by molar-refractivity contribution is 5.93. The second-order valence-corrected chi connectivity index (χ2v) is 3.79. The summed E-state index contributed by atoms with van der Waals surface area (Å²) in [6, 6.07) is 9.33. The summed E-state index contributed by atoms with van der Waals surface area (Å²) < 4.78 is 0. The number of carbonyl (C=O) groups excluding carboxylic acids is 1. The quantitative estimate of drug-likeness (QED) is 0.753. The minimum absolute atomic E-state index is 0.186. The van der Waals surface area contributed by atoms with Crippen molar-refractivity contribution in [2.75, 3.05) is 0 Å². The fourth-order valence-corrected chi connectivity index (χ4v) is 1.45. The molecule has 0 saturated heterocycles. The van der Waals surface area contributed by atoms with Crippen LogP contribution in [0.5, 0.6) is 5.75 Å². The first kappa shape index (κ1) is 11.9. The lowest BCUT2D eigenvalue weighted by Gasteiger charge is -2.05. The van der Waals surface area contributed by atoms with Crippen molar-refractivity contribution >= 4 is 5.91 Å². The largest absolute Gasteiger partial charge is 0.508 e. The van der Waals surface area contributed by atoms with Crippen molar-refractivity contribution in [1.82, 2.24) is 10.3 Å². The average molecular weight is 244 g/mol. The average Bonchev–Trinajstić information content (AvgIpc) is 2.38. The van der Waals surface area contributed by atoms with E-state index in [1.54, 1.807) is 24.3 Å². The van der Waals surface area contributed by atoms with Crippen molar-refractivity contribution in [3.8, 4) is 5.75 Å². The first-order valence-corrected chi connectivity index (χ1v) is 5.40. The molecule has 92 valence electrons. The van der Waals surface area contributed by atoms with Crippen LogP contribution in [0.15, 0.2) is 47.4 Å². The summed E-state index contributed by atoms with van der Waals surface area (Å²) in [4.78, 5) is 25.0. The number of carbonyl (C=O) groups is 1. The predicted molar refractivity (Wildman–Crippen MR) is 66.3 cm³/mol. The van der Waals surface area contributed by atoms with Gasteiger partial charge in [0.25, 0.3) is 5.91 Å². The van der Waals surface area contributed by atoms with Crippen molar-refractivity contribution in [2.45, 2.75) is 6.54 Å². The number of benzene rings is 1. The molecule has 0 saturated carbocycles. The maximum atomic E-state index is 11.7. The Morgan fingerprint density at radius 2 is 1.89 bits per heavy atom. The summed E-state index contributed by atoms with van der Waals surface area (Å²) in [6.07, 6.45) is 1.37. The van der Waals surface area contributed by atoms with E-state index in [0.717, 1.165) is 5.56 Å². The molecule has 0 aliphatic carbocycles. The summed E-state index contributed by atoms with van der Waals surface area (Å²) in [7, 11) is 0.